The Kier molecular flexibility index (Phi) is 3.81. The first-order chi connectivity index (χ1) is 8.61. The Balaban J connectivity index is 2.16. The van der Waals surface area contributed by atoms with E-state index in [0.29, 0.717) is 0 Å². The molecule has 0 saturated carbocycles. The van der Waals surface area contributed by atoms with Crippen LogP contribution in [0.1, 0.15) is 28.6 Å². The lowest BCUT2D eigenvalue weighted by Crippen LogP contribution is -2.13. The summed E-state index contributed by atoms with van der Waals surface area (Å²) in [6.45, 7) is 2.09. The number of hydrogen-bond acceptors (Lipinski definition) is 2. The van der Waals surface area contributed by atoms with Crippen molar-refractivity contribution < 1.29 is 9.18 Å². The minimum absolute atomic E-state index is 0.0751. The number of rotatable bonds is 4. The highest BCUT2D eigenvalue weighted by Crippen LogP contribution is 2.24. The second kappa shape index (κ2) is 5.35. The van der Waals surface area contributed by atoms with Gasteiger partial charge in [0.25, 0.3) is 5.91 Å². The van der Waals surface area contributed by atoms with Gasteiger partial charge in [-0.25, -0.2) is 4.39 Å². The largest absolute Gasteiger partial charge is 0.354 e. The van der Waals surface area contributed by atoms with Gasteiger partial charge in [-0.1, -0.05) is 13.3 Å². The zero-order valence-electron chi connectivity index (χ0n) is 10.4. The van der Waals surface area contributed by atoms with E-state index in [0.717, 1.165) is 23.4 Å². The van der Waals surface area contributed by atoms with Crippen LogP contribution in [0.25, 0.3) is 0 Å². The SMILES string of the molecule is CCCc1sccc1NC(=O)c1cn(C)cc1F. The summed E-state index contributed by atoms with van der Waals surface area (Å²) >= 11 is 1.61. The fourth-order valence-corrected chi connectivity index (χ4v) is 2.72. The predicted molar refractivity (Wildman–Crippen MR) is 71.6 cm³/mol. The maximum atomic E-state index is 13.5. The highest BCUT2D eigenvalue weighted by molar-refractivity contribution is 7.10. The minimum atomic E-state index is -0.498. The molecule has 1 N–H and O–H groups in total. The molecule has 0 saturated heterocycles. The number of carbonyl (C=O) groups is 1. The first-order valence-corrected chi connectivity index (χ1v) is 6.69. The summed E-state index contributed by atoms with van der Waals surface area (Å²) in [7, 11) is 1.69. The Morgan fingerprint density at radius 3 is 2.89 bits per heavy atom. The lowest BCUT2D eigenvalue weighted by Gasteiger charge is -2.04. The van der Waals surface area contributed by atoms with E-state index in [1.807, 2.05) is 11.4 Å². The topological polar surface area (TPSA) is 34.0 Å². The van der Waals surface area contributed by atoms with Crippen LogP contribution in [0.3, 0.4) is 0 Å². The van der Waals surface area contributed by atoms with Gasteiger partial charge in [0.05, 0.1) is 11.3 Å². The molecular weight excluding hydrogens is 251 g/mol. The molecule has 0 spiro atoms. The first-order valence-electron chi connectivity index (χ1n) is 5.81. The smallest absolute Gasteiger partial charge is 0.260 e. The number of aryl methyl sites for hydroxylation is 2. The van der Waals surface area contributed by atoms with Gasteiger partial charge in [-0.05, 0) is 17.9 Å². The van der Waals surface area contributed by atoms with Gasteiger partial charge in [0, 0.05) is 24.3 Å². The molecule has 2 rings (SSSR count). The third-order valence-electron chi connectivity index (χ3n) is 2.62. The second-order valence-electron chi connectivity index (χ2n) is 4.15. The van der Waals surface area contributed by atoms with Crippen molar-refractivity contribution in [3.05, 3.63) is 40.1 Å². The Labute approximate surface area is 109 Å². The van der Waals surface area contributed by atoms with E-state index >= 15 is 0 Å². The summed E-state index contributed by atoms with van der Waals surface area (Å²) in [5.41, 5.74) is 0.862. The zero-order valence-corrected chi connectivity index (χ0v) is 11.2. The lowest BCUT2D eigenvalue weighted by atomic mass is 10.2. The number of nitrogens with one attached hydrogen (secondary N) is 1. The Bertz CT molecular complexity index is 559. The number of halogens is 1. The lowest BCUT2D eigenvalue weighted by molar-refractivity contribution is 0.102. The molecule has 0 unspecified atom stereocenters. The van der Waals surface area contributed by atoms with Gasteiger partial charge in [-0.2, -0.15) is 0 Å². The Morgan fingerprint density at radius 2 is 2.28 bits per heavy atom. The van der Waals surface area contributed by atoms with Gasteiger partial charge in [0.2, 0.25) is 0 Å². The molecule has 5 heteroatoms. The van der Waals surface area contributed by atoms with Crippen molar-refractivity contribution in [1.82, 2.24) is 4.57 Å². The number of thiophene rings is 1. The molecule has 96 valence electrons. The zero-order chi connectivity index (χ0) is 13.1. The van der Waals surface area contributed by atoms with Crippen molar-refractivity contribution in [3.63, 3.8) is 0 Å². The van der Waals surface area contributed by atoms with Crippen molar-refractivity contribution in [1.29, 1.82) is 0 Å². The molecule has 0 radical (unpaired) electrons. The highest BCUT2D eigenvalue weighted by Gasteiger charge is 2.15. The minimum Gasteiger partial charge on any atom is -0.354 e. The number of hydrogen-bond donors (Lipinski definition) is 1. The maximum absolute atomic E-state index is 13.5. The Morgan fingerprint density at radius 1 is 1.50 bits per heavy atom. The summed E-state index contributed by atoms with van der Waals surface area (Å²) in [6.07, 6.45) is 4.71. The monoisotopic (exact) mass is 266 g/mol. The van der Waals surface area contributed by atoms with Crippen LogP contribution in [0, 0.1) is 5.82 Å². The molecule has 0 aromatic carbocycles. The number of aromatic nitrogens is 1. The van der Waals surface area contributed by atoms with E-state index in [4.69, 9.17) is 0 Å². The van der Waals surface area contributed by atoms with E-state index in [2.05, 4.69) is 12.2 Å². The van der Waals surface area contributed by atoms with Crippen molar-refractivity contribution in [2.75, 3.05) is 5.32 Å². The van der Waals surface area contributed by atoms with Crippen molar-refractivity contribution >= 4 is 22.9 Å². The average Bonchev–Trinajstić information content (AvgIpc) is 2.87. The predicted octanol–water partition coefficient (Wildman–Crippen LogP) is 3.43. The standard InChI is InChI=1S/C13H15FN2OS/c1-3-4-12-11(5-6-18-12)15-13(17)9-7-16(2)8-10(9)14/h5-8H,3-4H2,1-2H3,(H,15,17). The van der Waals surface area contributed by atoms with Gasteiger partial charge < -0.3 is 9.88 Å². The van der Waals surface area contributed by atoms with Crippen molar-refractivity contribution in [2.45, 2.75) is 19.8 Å². The van der Waals surface area contributed by atoms with Gasteiger partial charge in [0.1, 0.15) is 0 Å². The summed E-state index contributed by atoms with van der Waals surface area (Å²) in [5, 5.41) is 4.70. The number of amides is 1. The number of nitrogens with zero attached hydrogens (tertiary/aromatic N) is 1. The first kappa shape index (κ1) is 12.8. The summed E-state index contributed by atoms with van der Waals surface area (Å²) in [6, 6.07) is 1.86. The molecule has 3 nitrogen and oxygen atoms in total. The third-order valence-corrected chi connectivity index (χ3v) is 3.60. The van der Waals surface area contributed by atoms with Crippen LogP contribution in [0.2, 0.25) is 0 Å². The van der Waals surface area contributed by atoms with Crippen molar-refractivity contribution in [2.24, 2.45) is 7.05 Å². The molecule has 0 fully saturated rings. The molecule has 0 aliphatic heterocycles. The number of carbonyl (C=O) groups excluding carboxylic acids is 1. The molecular formula is C13H15FN2OS. The van der Waals surface area contributed by atoms with Gasteiger partial charge >= 0.3 is 0 Å². The summed E-state index contributed by atoms with van der Waals surface area (Å²) < 4.78 is 15.0. The normalized spacial score (nSPS) is 10.6. The molecule has 2 aromatic heterocycles. The van der Waals surface area contributed by atoms with E-state index < -0.39 is 11.7 Å². The van der Waals surface area contributed by atoms with Crippen LogP contribution in [-0.2, 0) is 13.5 Å². The average molecular weight is 266 g/mol. The molecule has 0 aliphatic carbocycles. The molecule has 18 heavy (non-hydrogen) atoms. The molecule has 0 bridgehead atoms. The van der Waals surface area contributed by atoms with Crippen LogP contribution < -0.4 is 5.32 Å². The second-order valence-corrected chi connectivity index (χ2v) is 5.15. The Hall–Kier alpha value is -1.62. The maximum Gasteiger partial charge on any atom is 0.260 e. The summed E-state index contributed by atoms with van der Waals surface area (Å²) in [4.78, 5) is 13.1. The van der Waals surface area contributed by atoms with Crippen molar-refractivity contribution in [3.8, 4) is 0 Å². The van der Waals surface area contributed by atoms with Crippen LogP contribution in [0.5, 0.6) is 0 Å². The number of anilines is 1. The van der Waals surface area contributed by atoms with Gasteiger partial charge in [-0.3, -0.25) is 4.79 Å². The summed E-state index contributed by atoms with van der Waals surface area (Å²) in [5.74, 6) is -0.897. The third kappa shape index (κ3) is 2.61. The van der Waals surface area contributed by atoms with E-state index in [9.17, 15) is 9.18 Å². The molecule has 1 amide bonds. The van der Waals surface area contributed by atoms with Gasteiger partial charge in [-0.15, -0.1) is 11.3 Å². The molecule has 0 atom stereocenters. The highest BCUT2D eigenvalue weighted by atomic mass is 32.1. The molecule has 2 aromatic rings. The van der Waals surface area contributed by atoms with E-state index in [-0.39, 0.29) is 5.56 Å². The van der Waals surface area contributed by atoms with Crippen LogP contribution in [-0.4, -0.2) is 10.5 Å². The van der Waals surface area contributed by atoms with Crippen LogP contribution in [0.4, 0.5) is 10.1 Å². The van der Waals surface area contributed by atoms with Crippen LogP contribution >= 0.6 is 11.3 Å². The van der Waals surface area contributed by atoms with Gasteiger partial charge in [0.15, 0.2) is 5.82 Å². The molecule has 0 aliphatic rings. The van der Waals surface area contributed by atoms with Crippen LogP contribution in [0.15, 0.2) is 23.8 Å². The fourth-order valence-electron chi connectivity index (χ4n) is 1.78. The molecule has 2 heterocycles. The van der Waals surface area contributed by atoms with E-state index in [1.54, 1.807) is 18.4 Å². The quantitative estimate of drug-likeness (QED) is 0.903. The van der Waals surface area contributed by atoms with E-state index in [1.165, 1.54) is 17.0 Å². The fraction of sp³-hybridized carbons (Fsp3) is 0.308.